The third kappa shape index (κ3) is 5.34. The van der Waals surface area contributed by atoms with E-state index in [0.29, 0.717) is 4.90 Å². The zero-order valence-corrected chi connectivity index (χ0v) is 10.4. The van der Waals surface area contributed by atoms with Gasteiger partial charge in [-0.2, -0.15) is 12.6 Å². The van der Waals surface area contributed by atoms with E-state index in [2.05, 4.69) is 17.9 Å². The molecule has 8 heteroatoms. The van der Waals surface area contributed by atoms with E-state index in [-0.39, 0.29) is 5.75 Å². The van der Waals surface area contributed by atoms with E-state index in [9.17, 15) is 19.2 Å². The molecule has 0 aliphatic carbocycles. The molecular formula is C9H14N2O5S. The van der Waals surface area contributed by atoms with E-state index < -0.39 is 36.3 Å². The third-order valence-electron chi connectivity index (χ3n) is 1.88. The number of imide groups is 1. The van der Waals surface area contributed by atoms with Gasteiger partial charge in [-0.3, -0.25) is 19.3 Å². The van der Waals surface area contributed by atoms with Crippen LogP contribution in [0.2, 0.25) is 0 Å². The Morgan fingerprint density at radius 3 is 2.00 bits per heavy atom. The molecule has 0 aromatic carbocycles. The average Bonchev–Trinajstić information content (AvgIpc) is 2.21. The first-order valence-corrected chi connectivity index (χ1v) is 5.34. The molecule has 0 saturated carbocycles. The minimum Gasteiger partial charge on any atom is -0.480 e. The average molecular weight is 262 g/mol. The molecule has 0 heterocycles. The van der Waals surface area contributed by atoms with Crippen LogP contribution in [0.3, 0.4) is 0 Å². The molecule has 1 atom stereocenters. The highest BCUT2D eigenvalue weighted by molar-refractivity contribution is 7.80. The van der Waals surface area contributed by atoms with Gasteiger partial charge >= 0.3 is 5.97 Å². The summed E-state index contributed by atoms with van der Waals surface area (Å²) < 4.78 is 0. The lowest BCUT2D eigenvalue weighted by Gasteiger charge is -2.18. The summed E-state index contributed by atoms with van der Waals surface area (Å²) in [5, 5.41) is 10.8. The second-order valence-corrected chi connectivity index (χ2v) is 3.63. The Bertz CT molecular complexity index is 330. The van der Waals surface area contributed by atoms with Gasteiger partial charge in [-0.1, -0.05) is 0 Å². The van der Waals surface area contributed by atoms with Crippen LogP contribution in [-0.2, 0) is 19.2 Å². The smallest absolute Gasteiger partial charge is 0.327 e. The van der Waals surface area contributed by atoms with Crippen LogP contribution < -0.4 is 5.32 Å². The standard InChI is InChI=1S/C9H14N2O5S/c1-5(12)11(6(2)13)3-8(14)10-7(4-17)9(15)16/h7,17H,3-4H2,1-2H3,(H,10,14)(H,15,16). The van der Waals surface area contributed by atoms with Crippen LogP contribution in [0.1, 0.15) is 13.8 Å². The van der Waals surface area contributed by atoms with Gasteiger partial charge in [0.25, 0.3) is 0 Å². The highest BCUT2D eigenvalue weighted by Crippen LogP contribution is 1.93. The van der Waals surface area contributed by atoms with Crippen molar-refractivity contribution in [1.82, 2.24) is 10.2 Å². The van der Waals surface area contributed by atoms with Gasteiger partial charge in [-0.15, -0.1) is 0 Å². The van der Waals surface area contributed by atoms with E-state index in [1.807, 2.05) is 0 Å². The number of carbonyl (C=O) groups excluding carboxylic acids is 3. The molecule has 0 fully saturated rings. The lowest BCUT2D eigenvalue weighted by atomic mass is 10.3. The summed E-state index contributed by atoms with van der Waals surface area (Å²) in [6.45, 7) is 1.78. The molecule has 0 aliphatic rings. The Hall–Kier alpha value is -1.57. The minimum atomic E-state index is -1.23. The van der Waals surface area contributed by atoms with Gasteiger partial charge in [0.05, 0.1) is 0 Å². The maximum atomic E-state index is 11.4. The molecule has 7 nitrogen and oxygen atoms in total. The Balaban J connectivity index is 4.47. The summed E-state index contributed by atoms with van der Waals surface area (Å²) in [5.41, 5.74) is 0. The predicted octanol–water partition coefficient (Wildman–Crippen LogP) is -1.12. The summed E-state index contributed by atoms with van der Waals surface area (Å²) in [4.78, 5) is 44.7. The normalized spacial score (nSPS) is 11.5. The maximum absolute atomic E-state index is 11.4. The van der Waals surface area contributed by atoms with Gasteiger partial charge in [-0.05, 0) is 0 Å². The van der Waals surface area contributed by atoms with Crippen LogP contribution >= 0.6 is 12.6 Å². The van der Waals surface area contributed by atoms with Crippen molar-refractivity contribution in [2.75, 3.05) is 12.3 Å². The van der Waals surface area contributed by atoms with E-state index in [0.717, 1.165) is 13.8 Å². The van der Waals surface area contributed by atoms with Crippen LogP contribution in [0.4, 0.5) is 0 Å². The molecule has 96 valence electrons. The molecule has 0 aliphatic heterocycles. The van der Waals surface area contributed by atoms with Gasteiger partial charge in [0.2, 0.25) is 17.7 Å². The number of carbonyl (C=O) groups is 4. The molecule has 0 radical (unpaired) electrons. The molecule has 0 saturated heterocycles. The van der Waals surface area contributed by atoms with Crippen LogP contribution in [0.15, 0.2) is 0 Å². The van der Waals surface area contributed by atoms with Gasteiger partial charge < -0.3 is 10.4 Å². The molecule has 17 heavy (non-hydrogen) atoms. The molecular weight excluding hydrogens is 248 g/mol. The van der Waals surface area contributed by atoms with E-state index in [1.165, 1.54) is 0 Å². The lowest BCUT2D eigenvalue weighted by Crippen LogP contribution is -2.48. The van der Waals surface area contributed by atoms with Crippen molar-refractivity contribution < 1.29 is 24.3 Å². The summed E-state index contributed by atoms with van der Waals surface area (Å²) >= 11 is 3.76. The van der Waals surface area contributed by atoms with Crippen molar-refractivity contribution in [1.29, 1.82) is 0 Å². The van der Waals surface area contributed by atoms with Crippen molar-refractivity contribution in [3.8, 4) is 0 Å². The van der Waals surface area contributed by atoms with Crippen LogP contribution in [0.25, 0.3) is 0 Å². The van der Waals surface area contributed by atoms with Gasteiger partial charge in [-0.25, -0.2) is 4.79 Å². The van der Waals surface area contributed by atoms with Gasteiger partial charge in [0, 0.05) is 19.6 Å². The second kappa shape index (κ2) is 6.89. The number of hydrogen-bond donors (Lipinski definition) is 3. The number of carboxylic acids is 1. The summed E-state index contributed by atoms with van der Waals surface area (Å²) in [6.07, 6.45) is 0. The van der Waals surface area contributed by atoms with Crippen molar-refractivity contribution >= 4 is 36.3 Å². The summed E-state index contributed by atoms with van der Waals surface area (Å²) in [5.74, 6) is -3.19. The lowest BCUT2D eigenvalue weighted by molar-refractivity contribution is -0.146. The van der Waals surface area contributed by atoms with E-state index >= 15 is 0 Å². The third-order valence-corrected chi connectivity index (χ3v) is 2.24. The van der Waals surface area contributed by atoms with Crippen LogP contribution in [-0.4, -0.2) is 52.0 Å². The predicted molar refractivity (Wildman–Crippen MR) is 61.5 cm³/mol. The quantitative estimate of drug-likeness (QED) is 0.544. The monoisotopic (exact) mass is 262 g/mol. The Kier molecular flexibility index (Phi) is 6.26. The van der Waals surface area contributed by atoms with E-state index in [4.69, 9.17) is 5.11 Å². The molecule has 0 aromatic heterocycles. The van der Waals surface area contributed by atoms with Crippen molar-refractivity contribution in [2.24, 2.45) is 0 Å². The Morgan fingerprint density at radius 2 is 1.71 bits per heavy atom. The number of carboxylic acid groups (broad SMARTS) is 1. The van der Waals surface area contributed by atoms with Crippen LogP contribution in [0, 0.1) is 0 Å². The molecule has 2 N–H and O–H groups in total. The topological polar surface area (TPSA) is 104 Å². The summed E-state index contributed by atoms with van der Waals surface area (Å²) in [7, 11) is 0. The fourth-order valence-corrected chi connectivity index (χ4v) is 1.26. The van der Waals surface area contributed by atoms with Crippen molar-refractivity contribution in [2.45, 2.75) is 19.9 Å². The number of thiol groups is 1. The fourth-order valence-electron chi connectivity index (χ4n) is 1.01. The minimum absolute atomic E-state index is 0.0821. The zero-order valence-electron chi connectivity index (χ0n) is 9.47. The highest BCUT2D eigenvalue weighted by atomic mass is 32.1. The first kappa shape index (κ1) is 15.4. The number of nitrogens with one attached hydrogen (secondary N) is 1. The maximum Gasteiger partial charge on any atom is 0.327 e. The molecule has 0 rings (SSSR count). The fraction of sp³-hybridized carbons (Fsp3) is 0.556. The zero-order chi connectivity index (χ0) is 13.6. The molecule has 3 amide bonds. The molecule has 0 bridgehead atoms. The van der Waals surface area contributed by atoms with Gasteiger partial charge in [0.15, 0.2) is 0 Å². The SMILES string of the molecule is CC(=O)N(CC(=O)NC(CS)C(=O)O)C(C)=O. The van der Waals surface area contributed by atoms with Gasteiger partial charge in [0.1, 0.15) is 12.6 Å². The van der Waals surface area contributed by atoms with E-state index in [1.54, 1.807) is 0 Å². The van der Waals surface area contributed by atoms with Crippen molar-refractivity contribution in [3.63, 3.8) is 0 Å². The number of rotatable bonds is 5. The second-order valence-electron chi connectivity index (χ2n) is 3.27. The number of aliphatic carboxylic acids is 1. The molecule has 0 spiro atoms. The van der Waals surface area contributed by atoms with Crippen molar-refractivity contribution in [3.05, 3.63) is 0 Å². The number of hydrogen-bond acceptors (Lipinski definition) is 5. The Morgan fingerprint density at radius 1 is 1.24 bits per heavy atom. The molecule has 1 unspecified atom stereocenters. The summed E-state index contributed by atoms with van der Waals surface area (Å²) in [6, 6.07) is -1.15. The van der Waals surface area contributed by atoms with Crippen LogP contribution in [0.5, 0.6) is 0 Å². The first-order valence-electron chi connectivity index (χ1n) is 4.71. The largest absolute Gasteiger partial charge is 0.480 e. The highest BCUT2D eigenvalue weighted by Gasteiger charge is 2.22. The number of amides is 3. The Labute approximate surface area is 104 Å². The number of nitrogens with zero attached hydrogens (tertiary/aromatic N) is 1. The molecule has 0 aromatic rings. The first-order chi connectivity index (χ1) is 7.79.